The Bertz CT molecular complexity index is 1430. The van der Waals surface area contributed by atoms with Crippen molar-refractivity contribution in [2.45, 2.75) is 19.5 Å². The van der Waals surface area contributed by atoms with Crippen LogP contribution in [0.3, 0.4) is 0 Å². The number of aliphatic hydroxyl groups is 1. The summed E-state index contributed by atoms with van der Waals surface area (Å²) >= 11 is 0. The lowest BCUT2D eigenvalue weighted by Gasteiger charge is -2.25. The van der Waals surface area contributed by atoms with E-state index in [1.165, 1.54) is 4.90 Å². The van der Waals surface area contributed by atoms with E-state index in [1.807, 2.05) is 67.6 Å². The van der Waals surface area contributed by atoms with Gasteiger partial charge in [0, 0.05) is 24.5 Å². The van der Waals surface area contributed by atoms with Gasteiger partial charge in [-0.3, -0.25) is 14.6 Å². The first-order valence-electron chi connectivity index (χ1n) is 11.6. The minimum Gasteiger partial charge on any atom is -0.507 e. The Labute approximate surface area is 209 Å². The monoisotopic (exact) mass is 476 g/mol. The van der Waals surface area contributed by atoms with Crippen LogP contribution in [0.1, 0.15) is 28.3 Å². The van der Waals surface area contributed by atoms with Gasteiger partial charge in [0.15, 0.2) is 0 Å². The van der Waals surface area contributed by atoms with Crippen molar-refractivity contribution in [1.82, 2.24) is 9.88 Å². The molecule has 36 heavy (non-hydrogen) atoms. The SMILES string of the molecule is Cc1ccc(/C(O)=C2/C(=O)C(=O)N(Cc3ccncc3)C2c2cccc(Oc3ccccc3)c2)cc1. The van der Waals surface area contributed by atoms with E-state index in [-0.39, 0.29) is 17.9 Å². The predicted molar refractivity (Wildman–Crippen MR) is 136 cm³/mol. The molecule has 1 aromatic heterocycles. The molecule has 6 heteroatoms. The maximum atomic E-state index is 13.3. The van der Waals surface area contributed by atoms with E-state index >= 15 is 0 Å². The molecule has 0 radical (unpaired) electrons. The van der Waals surface area contributed by atoms with Crippen molar-refractivity contribution in [3.05, 3.63) is 131 Å². The van der Waals surface area contributed by atoms with Gasteiger partial charge in [0.25, 0.3) is 11.7 Å². The number of aromatic nitrogens is 1. The summed E-state index contributed by atoms with van der Waals surface area (Å²) in [4.78, 5) is 32.1. The zero-order valence-electron chi connectivity index (χ0n) is 19.7. The number of benzene rings is 3. The molecule has 178 valence electrons. The molecule has 1 aliphatic rings. The second kappa shape index (κ2) is 9.88. The second-order valence-corrected chi connectivity index (χ2v) is 8.64. The minimum atomic E-state index is -0.793. The third-order valence-electron chi connectivity index (χ3n) is 6.12. The number of hydrogen-bond donors (Lipinski definition) is 1. The predicted octanol–water partition coefficient (Wildman–Crippen LogP) is 5.80. The first-order chi connectivity index (χ1) is 17.5. The van der Waals surface area contributed by atoms with E-state index in [1.54, 1.807) is 42.7 Å². The molecule has 1 unspecified atom stereocenters. The number of Topliss-reactive ketones (excluding diaryl/α,β-unsaturated/α-hetero) is 1. The van der Waals surface area contributed by atoms with E-state index in [9.17, 15) is 14.7 Å². The van der Waals surface area contributed by atoms with Crippen LogP contribution in [-0.2, 0) is 16.1 Å². The van der Waals surface area contributed by atoms with Crippen LogP contribution in [0.5, 0.6) is 11.5 Å². The van der Waals surface area contributed by atoms with E-state index < -0.39 is 17.7 Å². The molecule has 4 aromatic rings. The zero-order chi connectivity index (χ0) is 25.1. The van der Waals surface area contributed by atoms with Gasteiger partial charge >= 0.3 is 0 Å². The number of carbonyl (C=O) groups is 2. The first kappa shape index (κ1) is 23.1. The number of para-hydroxylation sites is 1. The van der Waals surface area contributed by atoms with Gasteiger partial charge in [-0.2, -0.15) is 0 Å². The van der Waals surface area contributed by atoms with Gasteiger partial charge in [0.05, 0.1) is 11.6 Å². The molecule has 0 saturated carbocycles. The normalized spacial score (nSPS) is 16.8. The Morgan fingerprint density at radius 1 is 0.889 bits per heavy atom. The van der Waals surface area contributed by atoms with Crippen molar-refractivity contribution >= 4 is 17.4 Å². The molecule has 1 fully saturated rings. The number of likely N-dealkylation sites (tertiary alicyclic amines) is 1. The van der Waals surface area contributed by atoms with Crippen LogP contribution in [0.25, 0.3) is 5.76 Å². The highest BCUT2D eigenvalue weighted by atomic mass is 16.5. The van der Waals surface area contributed by atoms with E-state index in [0.717, 1.165) is 11.1 Å². The third kappa shape index (κ3) is 4.61. The molecule has 5 rings (SSSR count). The standard InChI is InChI=1S/C30H24N2O4/c1-20-10-12-22(13-11-20)28(33)26-27(32(30(35)29(26)34)19-21-14-16-31-17-15-21)23-6-5-9-25(18-23)36-24-7-3-2-4-8-24/h2-18,27,33H,19H2,1H3/b28-26-. The molecule has 3 aromatic carbocycles. The number of pyridine rings is 1. The molecule has 1 N–H and O–H groups in total. The summed E-state index contributed by atoms with van der Waals surface area (Å²) < 4.78 is 6.00. The van der Waals surface area contributed by atoms with Crippen LogP contribution in [0.15, 0.2) is 109 Å². The summed E-state index contributed by atoms with van der Waals surface area (Å²) in [5.41, 5.74) is 3.03. The van der Waals surface area contributed by atoms with Crippen LogP contribution in [0.4, 0.5) is 0 Å². The van der Waals surface area contributed by atoms with Gasteiger partial charge in [0.2, 0.25) is 0 Å². The number of ether oxygens (including phenoxy) is 1. The molecule has 0 aliphatic carbocycles. The Balaban J connectivity index is 1.61. The summed E-state index contributed by atoms with van der Waals surface area (Å²) in [5, 5.41) is 11.3. The van der Waals surface area contributed by atoms with Crippen LogP contribution in [-0.4, -0.2) is 26.7 Å². The molecule has 1 atom stereocenters. The average Bonchev–Trinajstić information content (AvgIpc) is 3.15. The molecule has 1 aliphatic heterocycles. The summed E-state index contributed by atoms with van der Waals surface area (Å²) in [6.45, 7) is 2.13. The number of carbonyl (C=O) groups excluding carboxylic acids is 2. The minimum absolute atomic E-state index is 0.0507. The lowest BCUT2D eigenvalue weighted by atomic mass is 9.94. The Morgan fingerprint density at radius 3 is 2.31 bits per heavy atom. The number of hydrogen-bond acceptors (Lipinski definition) is 5. The van der Waals surface area contributed by atoms with Crippen molar-refractivity contribution in [1.29, 1.82) is 0 Å². The lowest BCUT2D eigenvalue weighted by molar-refractivity contribution is -0.140. The third-order valence-corrected chi connectivity index (χ3v) is 6.12. The van der Waals surface area contributed by atoms with E-state index in [4.69, 9.17) is 4.74 Å². The quantitative estimate of drug-likeness (QED) is 0.216. The number of nitrogens with zero attached hydrogens (tertiary/aromatic N) is 2. The van der Waals surface area contributed by atoms with Gasteiger partial charge in [-0.05, 0) is 54.4 Å². The molecule has 6 nitrogen and oxygen atoms in total. The smallest absolute Gasteiger partial charge is 0.295 e. The number of aliphatic hydroxyl groups excluding tert-OH is 1. The number of aryl methyl sites for hydroxylation is 1. The average molecular weight is 477 g/mol. The van der Waals surface area contributed by atoms with Gasteiger partial charge in [-0.25, -0.2) is 0 Å². The van der Waals surface area contributed by atoms with E-state index in [0.29, 0.717) is 22.6 Å². The van der Waals surface area contributed by atoms with Gasteiger partial charge in [0.1, 0.15) is 17.3 Å². The van der Waals surface area contributed by atoms with Crippen molar-refractivity contribution in [3.63, 3.8) is 0 Å². The highest BCUT2D eigenvalue weighted by Gasteiger charge is 2.46. The van der Waals surface area contributed by atoms with Crippen molar-refractivity contribution < 1.29 is 19.4 Å². The summed E-state index contributed by atoms with van der Waals surface area (Å²) in [6.07, 6.45) is 3.28. The summed E-state index contributed by atoms with van der Waals surface area (Å²) in [5.74, 6) is -0.366. The number of rotatable bonds is 6. The highest BCUT2D eigenvalue weighted by molar-refractivity contribution is 6.46. The van der Waals surface area contributed by atoms with Gasteiger partial charge in [-0.1, -0.05) is 60.2 Å². The molecule has 1 amide bonds. The number of ketones is 1. The molecule has 1 saturated heterocycles. The molecule has 2 heterocycles. The van der Waals surface area contributed by atoms with E-state index in [2.05, 4.69) is 4.98 Å². The summed E-state index contributed by atoms with van der Waals surface area (Å²) in [7, 11) is 0. The van der Waals surface area contributed by atoms with Crippen LogP contribution < -0.4 is 4.74 Å². The Morgan fingerprint density at radius 2 is 1.58 bits per heavy atom. The van der Waals surface area contributed by atoms with Crippen LogP contribution in [0, 0.1) is 6.92 Å². The summed E-state index contributed by atoms with van der Waals surface area (Å²) in [6, 6.07) is 26.6. The Kier molecular flexibility index (Phi) is 6.33. The zero-order valence-corrected chi connectivity index (χ0v) is 19.7. The fourth-order valence-electron chi connectivity index (χ4n) is 4.31. The fraction of sp³-hybridized carbons (Fsp3) is 0.100. The molecular formula is C30H24N2O4. The van der Waals surface area contributed by atoms with Gasteiger partial charge in [-0.15, -0.1) is 0 Å². The maximum absolute atomic E-state index is 13.3. The van der Waals surface area contributed by atoms with Crippen molar-refractivity contribution in [2.75, 3.05) is 0 Å². The van der Waals surface area contributed by atoms with Gasteiger partial charge < -0.3 is 14.7 Å². The highest BCUT2D eigenvalue weighted by Crippen LogP contribution is 2.41. The van der Waals surface area contributed by atoms with Crippen LogP contribution in [0.2, 0.25) is 0 Å². The second-order valence-electron chi connectivity index (χ2n) is 8.64. The van der Waals surface area contributed by atoms with Crippen molar-refractivity contribution in [3.8, 4) is 11.5 Å². The maximum Gasteiger partial charge on any atom is 0.295 e. The topological polar surface area (TPSA) is 79.7 Å². The van der Waals surface area contributed by atoms with Crippen LogP contribution >= 0.6 is 0 Å². The first-order valence-corrected chi connectivity index (χ1v) is 11.6. The number of amides is 1. The van der Waals surface area contributed by atoms with Crippen molar-refractivity contribution in [2.24, 2.45) is 0 Å². The largest absolute Gasteiger partial charge is 0.507 e. The fourth-order valence-corrected chi connectivity index (χ4v) is 4.31. The molecule has 0 bridgehead atoms. The molecular weight excluding hydrogens is 452 g/mol. The Hall–Kier alpha value is -4.71. The molecule has 0 spiro atoms. The lowest BCUT2D eigenvalue weighted by Crippen LogP contribution is -2.29.